The van der Waals surface area contributed by atoms with Gasteiger partial charge >= 0.3 is 6.09 Å². The van der Waals surface area contributed by atoms with Gasteiger partial charge in [-0.2, -0.15) is 0 Å². The Morgan fingerprint density at radius 2 is 1.65 bits per heavy atom. The minimum Gasteiger partial charge on any atom is -0.444 e. The summed E-state index contributed by atoms with van der Waals surface area (Å²) in [6.07, 6.45) is 0.776. The molecule has 20 heavy (non-hydrogen) atoms. The van der Waals surface area contributed by atoms with Crippen molar-refractivity contribution >= 4 is 6.09 Å². The molecule has 0 bridgehead atoms. The molecule has 0 saturated carbocycles. The highest BCUT2D eigenvalue weighted by Crippen LogP contribution is 2.17. The summed E-state index contributed by atoms with van der Waals surface area (Å²) in [5, 5.41) is 6.37. The van der Waals surface area contributed by atoms with Gasteiger partial charge in [0.15, 0.2) is 0 Å². The van der Waals surface area contributed by atoms with E-state index in [1.807, 2.05) is 20.8 Å². The highest BCUT2D eigenvalue weighted by atomic mass is 16.6. The van der Waals surface area contributed by atoms with E-state index in [2.05, 4.69) is 45.3 Å². The van der Waals surface area contributed by atoms with Crippen molar-refractivity contribution in [3.8, 4) is 0 Å². The number of amides is 1. The number of rotatable bonds is 6. The van der Waals surface area contributed by atoms with Crippen molar-refractivity contribution in [3.63, 3.8) is 0 Å². The summed E-state index contributed by atoms with van der Waals surface area (Å²) in [5.74, 6) is 0.365. The molecule has 0 rings (SSSR count). The van der Waals surface area contributed by atoms with Crippen molar-refractivity contribution < 1.29 is 9.53 Å². The minimum atomic E-state index is -0.453. The van der Waals surface area contributed by atoms with Gasteiger partial charge in [-0.25, -0.2) is 4.79 Å². The molecule has 0 saturated heterocycles. The molecule has 0 aliphatic heterocycles. The van der Waals surface area contributed by atoms with Crippen LogP contribution in [0, 0.1) is 11.3 Å². The monoisotopic (exact) mass is 286 g/mol. The van der Waals surface area contributed by atoms with Crippen molar-refractivity contribution in [2.75, 3.05) is 13.1 Å². The van der Waals surface area contributed by atoms with Gasteiger partial charge in [0.25, 0.3) is 0 Å². The van der Waals surface area contributed by atoms with E-state index in [4.69, 9.17) is 4.74 Å². The number of hydrogen-bond acceptors (Lipinski definition) is 3. The van der Waals surface area contributed by atoms with Crippen LogP contribution < -0.4 is 10.6 Å². The lowest BCUT2D eigenvalue weighted by Crippen LogP contribution is -2.47. The molecule has 1 unspecified atom stereocenters. The van der Waals surface area contributed by atoms with Gasteiger partial charge in [0.1, 0.15) is 5.60 Å². The first-order chi connectivity index (χ1) is 8.91. The number of carbonyl (C=O) groups is 1. The molecule has 2 N–H and O–H groups in total. The van der Waals surface area contributed by atoms with Crippen LogP contribution in [-0.2, 0) is 4.74 Å². The zero-order valence-corrected chi connectivity index (χ0v) is 14.6. The number of alkyl carbamates (subject to hydrolysis) is 1. The summed E-state index contributed by atoms with van der Waals surface area (Å²) in [6.45, 7) is 18.3. The third kappa shape index (κ3) is 11.1. The topological polar surface area (TPSA) is 50.4 Å². The van der Waals surface area contributed by atoms with E-state index in [0.29, 0.717) is 11.3 Å². The molecule has 0 aromatic carbocycles. The van der Waals surface area contributed by atoms with Crippen molar-refractivity contribution in [3.05, 3.63) is 0 Å². The molecule has 0 fully saturated rings. The molecule has 0 aliphatic rings. The first-order valence-electron chi connectivity index (χ1n) is 7.61. The SMILES string of the molecule is CC(C)C(CNCCC(C)(C)C)NC(=O)OC(C)(C)C. The average molecular weight is 286 g/mol. The standard InChI is InChI=1S/C16H34N2O2/c1-12(2)13(11-17-10-9-15(3,4)5)18-14(19)20-16(6,7)8/h12-13,17H,9-11H2,1-8H3,(H,18,19). The lowest BCUT2D eigenvalue weighted by molar-refractivity contribution is 0.0490. The van der Waals surface area contributed by atoms with E-state index in [1.165, 1.54) is 0 Å². The molecular formula is C16H34N2O2. The van der Waals surface area contributed by atoms with Gasteiger partial charge in [-0.3, -0.25) is 0 Å². The third-order valence-electron chi connectivity index (χ3n) is 2.92. The van der Waals surface area contributed by atoms with Crippen LogP contribution in [-0.4, -0.2) is 30.8 Å². The van der Waals surface area contributed by atoms with Crippen molar-refractivity contribution in [2.24, 2.45) is 11.3 Å². The zero-order chi connectivity index (χ0) is 16.0. The molecule has 0 aromatic heterocycles. The average Bonchev–Trinajstić information content (AvgIpc) is 2.17. The molecule has 0 radical (unpaired) electrons. The van der Waals surface area contributed by atoms with E-state index in [0.717, 1.165) is 19.5 Å². The molecular weight excluding hydrogens is 252 g/mol. The lowest BCUT2D eigenvalue weighted by Gasteiger charge is -2.26. The molecule has 1 amide bonds. The van der Waals surface area contributed by atoms with Crippen LogP contribution in [0.2, 0.25) is 0 Å². The second-order valence-electron chi connectivity index (χ2n) is 8.01. The Balaban J connectivity index is 4.15. The number of carbonyl (C=O) groups excluding carboxylic acids is 1. The van der Waals surface area contributed by atoms with Gasteiger partial charge in [0.05, 0.1) is 0 Å². The van der Waals surface area contributed by atoms with Crippen molar-refractivity contribution in [1.82, 2.24) is 10.6 Å². The van der Waals surface area contributed by atoms with Gasteiger partial charge in [0, 0.05) is 12.6 Å². The maximum Gasteiger partial charge on any atom is 0.407 e. The Hall–Kier alpha value is -0.770. The summed E-state index contributed by atoms with van der Waals surface area (Å²) in [7, 11) is 0. The van der Waals surface area contributed by atoms with Crippen molar-refractivity contribution in [1.29, 1.82) is 0 Å². The van der Waals surface area contributed by atoms with Crippen LogP contribution in [0.15, 0.2) is 0 Å². The molecule has 4 nitrogen and oxygen atoms in total. The summed E-state index contributed by atoms with van der Waals surface area (Å²) in [5.41, 5.74) is -0.121. The lowest BCUT2D eigenvalue weighted by atomic mass is 9.92. The first-order valence-corrected chi connectivity index (χ1v) is 7.61. The fourth-order valence-electron chi connectivity index (χ4n) is 1.63. The Labute approximate surface area is 125 Å². The number of ether oxygens (including phenoxy) is 1. The predicted octanol–water partition coefficient (Wildman–Crippen LogP) is 3.56. The van der Waals surface area contributed by atoms with E-state index < -0.39 is 5.60 Å². The van der Waals surface area contributed by atoms with Gasteiger partial charge in [-0.05, 0) is 45.1 Å². The van der Waals surface area contributed by atoms with Crippen molar-refractivity contribution in [2.45, 2.75) is 73.5 Å². The van der Waals surface area contributed by atoms with E-state index >= 15 is 0 Å². The number of hydrogen-bond donors (Lipinski definition) is 2. The molecule has 4 heteroatoms. The van der Waals surface area contributed by atoms with Crippen LogP contribution in [0.5, 0.6) is 0 Å². The Kier molecular flexibility index (Phi) is 7.56. The van der Waals surface area contributed by atoms with Crippen LogP contribution in [0.3, 0.4) is 0 Å². The summed E-state index contributed by atoms with van der Waals surface area (Å²) >= 11 is 0. The summed E-state index contributed by atoms with van der Waals surface area (Å²) in [6, 6.07) is 0.0878. The normalized spacial score (nSPS) is 14.2. The summed E-state index contributed by atoms with van der Waals surface area (Å²) < 4.78 is 5.30. The number of nitrogens with one attached hydrogen (secondary N) is 2. The third-order valence-corrected chi connectivity index (χ3v) is 2.92. The predicted molar refractivity (Wildman–Crippen MR) is 84.9 cm³/mol. The molecule has 0 spiro atoms. The largest absolute Gasteiger partial charge is 0.444 e. The molecule has 1 atom stereocenters. The van der Waals surface area contributed by atoms with Crippen LogP contribution in [0.4, 0.5) is 4.79 Å². The minimum absolute atomic E-state index is 0.0878. The molecule has 120 valence electrons. The molecule has 0 heterocycles. The Morgan fingerprint density at radius 1 is 1.10 bits per heavy atom. The van der Waals surface area contributed by atoms with Crippen LogP contribution >= 0.6 is 0 Å². The summed E-state index contributed by atoms with van der Waals surface area (Å²) in [4.78, 5) is 11.8. The van der Waals surface area contributed by atoms with Gasteiger partial charge in [0.2, 0.25) is 0 Å². The van der Waals surface area contributed by atoms with E-state index in [9.17, 15) is 4.79 Å². The van der Waals surface area contributed by atoms with E-state index in [1.54, 1.807) is 0 Å². The molecule has 0 aliphatic carbocycles. The second-order valence-corrected chi connectivity index (χ2v) is 8.01. The second kappa shape index (κ2) is 7.87. The maximum atomic E-state index is 11.8. The van der Waals surface area contributed by atoms with Gasteiger partial charge < -0.3 is 15.4 Å². The first kappa shape index (κ1) is 19.2. The van der Waals surface area contributed by atoms with E-state index in [-0.39, 0.29) is 12.1 Å². The zero-order valence-electron chi connectivity index (χ0n) is 14.6. The highest BCUT2D eigenvalue weighted by molar-refractivity contribution is 5.68. The molecule has 0 aromatic rings. The van der Waals surface area contributed by atoms with Gasteiger partial charge in [-0.15, -0.1) is 0 Å². The Bertz CT molecular complexity index is 288. The maximum absolute atomic E-state index is 11.8. The van der Waals surface area contributed by atoms with Crippen LogP contribution in [0.25, 0.3) is 0 Å². The van der Waals surface area contributed by atoms with Gasteiger partial charge in [-0.1, -0.05) is 34.6 Å². The quantitative estimate of drug-likeness (QED) is 0.734. The van der Waals surface area contributed by atoms with Crippen LogP contribution in [0.1, 0.15) is 61.8 Å². The highest BCUT2D eigenvalue weighted by Gasteiger charge is 2.21. The fourth-order valence-corrected chi connectivity index (χ4v) is 1.63. The fraction of sp³-hybridized carbons (Fsp3) is 0.938. The Morgan fingerprint density at radius 3 is 2.05 bits per heavy atom. The smallest absolute Gasteiger partial charge is 0.407 e.